The topological polar surface area (TPSA) is 41.3 Å². The Hall–Kier alpha value is -2.05. The second kappa shape index (κ2) is 8.36. The number of nitrogens with zero attached hydrogens (tertiary/aromatic N) is 1. The largest absolute Gasteiger partial charge is 0.371 e. The monoisotopic (exact) mass is 415 g/mol. The predicted molar refractivity (Wildman–Crippen MR) is 119 cm³/mol. The van der Waals surface area contributed by atoms with Crippen LogP contribution in [0.25, 0.3) is 5.70 Å². The molecule has 1 aliphatic heterocycles. The Labute approximate surface area is 175 Å². The molecule has 0 aromatic heterocycles. The summed E-state index contributed by atoms with van der Waals surface area (Å²) in [6.45, 7) is 5.30. The van der Waals surface area contributed by atoms with Gasteiger partial charge in [0.15, 0.2) is 0 Å². The predicted octanol–water partition coefficient (Wildman–Crippen LogP) is 5.85. The number of alkyl halides is 2. The van der Waals surface area contributed by atoms with Crippen LogP contribution in [0.4, 0.5) is 20.2 Å². The van der Waals surface area contributed by atoms with Gasteiger partial charge in [0.25, 0.3) is 0 Å². The van der Waals surface area contributed by atoms with Crippen LogP contribution >= 0.6 is 11.9 Å². The molecule has 3 nitrogen and oxygen atoms in total. The summed E-state index contributed by atoms with van der Waals surface area (Å²) in [5.41, 5.74) is 6.41. The molecule has 1 fully saturated rings. The lowest BCUT2D eigenvalue weighted by Crippen LogP contribution is -2.27. The number of anilines is 2. The molecule has 2 aromatic carbocycles. The molecule has 2 aliphatic rings. The smallest absolute Gasteiger partial charge is 0.249 e. The number of fused-ring (bicyclic) bond motifs is 1. The average Bonchev–Trinajstić information content (AvgIpc) is 3.09. The van der Waals surface area contributed by atoms with Gasteiger partial charge in [0, 0.05) is 53.5 Å². The van der Waals surface area contributed by atoms with Crippen molar-refractivity contribution in [2.45, 2.75) is 49.3 Å². The van der Waals surface area contributed by atoms with Crippen LogP contribution in [-0.2, 0) is 12.8 Å². The van der Waals surface area contributed by atoms with Gasteiger partial charge >= 0.3 is 0 Å². The zero-order chi connectivity index (χ0) is 20.4. The lowest BCUT2D eigenvalue weighted by Gasteiger charge is -2.27. The SMILES string of the molecule is C=C(Nc1cccc(SN)c1)c1cc2c(cc1N1CCCC(F)(F)CC1)CCC2. The summed E-state index contributed by atoms with van der Waals surface area (Å²) in [5.74, 6) is -2.57. The minimum Gasteiger partial charge on any atom is -0.371 e. The van der Waals surface area contributed by atoms with Gasteiger partial charge in [-0.3, -0.25) is 5.14 Å². The molecule has 0 radical (unpaired) electrons. The molecule has 6 heteroatoms. The van der Waals surface area contributed by atoms with Gasteiger partial charge in [0.1, 0.15) is 0 Å². The minimum atomic E-state index is -2.57. The first kappa shape index (κ1) is 20.2. The number of rotatable bonds is 5. The third-order valence-corrected chi connectivity index (χ3v) is 6.39. The molecule has 29 heavy (non-hydrogen) atoms. The fourth-order valence-corrected chi connectivity index (χ4v) is 4.66. The van der Waals surface area contributed by atoms with Crippen molar-refractivity contribution in [3.8, 4) is 0 Å². The van der Waals surface area contributed by atoms with Crippen LogP contribution in [0.3, 0.4) is 0 Å². The van der Waals surface area contributed by atoms with E-state index in [9.17, 15) is 8.78 Å². The summed E-state index contributed by atoms with van der Waals surface area (Å²) in [5, 5.41) is 9.08. The average molecular weight is 416 g/mol. The van der Waals surface area contributed by atoms with Crippen LogP contribution in [0.15, 0.2) is 47.9 Å². The number of hydrogen-bond acceptors (Lipinski definition) is 4. The van der Waals surface area contributed by atoms with Crippen molar-refractivity contribution in [1.29, 1.82) is 0 Å². The Bertz CT molecular complexity index is 913. The molecule has 1 aliphatic carbocycles. The summed E-state index contributed by atoms with van der Waals surface area (Å²) in [7, 11) is 0. The van der Waals surface area contributed by atoms with E-state index in [-0.39, 0.29) is 12.8 Å². The van der Waals surface area contributed by atoms with E-state index >= 15 is 0 Å². The highest BCUT2D eigenvalue weighted by Crippen LogP contribution is 2.37. The minimum absolute atomic E-state index is 0.0352. The fraction of sp³-hybridized carbons (Fsp3) is 0.391. The number of nitrogens with two attached hydrogens (primary N) is 1. The van der Waals surface area contributed by atoms with E-state index in [1.807, 2.05) is 24.3 Å². The zero-order valence-electron chi connectivity index (χ0n) is 16.5. The first-order valence-corrected chi connectivity index (χ1v) is 11.0. The van der Waals surface area contributed by atoms with Gasteiger partial charge < -0.3 is 10.2 Å². The van der Waals surface area contributed by atoms with E-state index < -0.39 is 5.92 Å². The lowest BCUT2D eigenvalue weighted by molar-refractivity contribution is -0.0102. The molecule has 0 saturated carbocycles. The molecule has 0 bridgehead atoms. The molecular formula is C23H27F2N3S. The van der Waals surface area contributed by atoms with Crippen LogP contribution in [0.5, 0.6) is 0 Å². The van der Waals surface area contributed by atoms with Gasteiger partial charge in [0.2, 0.25) is 5.92 Å². The Kier molecular flexibility index (Phi) is 5.83. The van der Waals surface area contributed by atoms with Crippen LogP contribution in [0, 0.1) is 0 Å². The highest BCUT2D eigenvalue weighted by atomic mass is 32.2. The van der Waals surface area contributed by atoms with Crippen molar-refractivity contribution in [2.24, 2.45) is 5.14 Å². The van der Waals surface area contributed by atoms with E-state index in [1.165, 1.54) is 23.1 Å². The molecule has 154 valence electrons. The Morgan fingerprint density at radius 3 is 2.66 bits per heavy atom. The van der Waals surface area contributed by atoms with Crippen molar-refractivity contribution < 1.29 is 8.78 Å². The molecule has 3 N–H and O–H groups in total. The number of aryl methyl sites for hydroxylation is 2. The van der Waals surface area contributed by atoms with Gasteiger partial charge in [-0.15, -0.1) is 0 Å². The maximum atomic E-state index is 13.9. The van der Waals surface area contributed by atoms with E-state index in [0.29, 0.717) is 19.5 Å². The van der Waals surface area contributed by atoms with E-state index in [4.69, 9.17) is 5.14 Å². The molecule has 0 spiro atoms. The van der Waals surface area contributed by atoms with Gasteiger partial charge in [0.05, 0.1) is 0 Å². The van der Waals surface area contributed by atoms with Crippen molar-refractivity contribution in [3.63, 3.8) is 0 Å². The quantitative estimate of drug-likeness (QED) is 0.601. The van der Waals surface area contributed by atoms with Gasteiger partial charge in [-0.1, -0.05) is 12.6 Å². The summed E-state index contributed by atoms with van der Waals surface area (Å²) in [6, 6.07) is 12.3. The van der Waals surface area contributed by atoms with Crippen molar-refractivity contribution in [1.82, 2.24) is 0 Å². The summed E-state index contributed by atoms with van der Waals surface area (Å²) in [6.07, 6.45) is 3.63. The number of nitrogens with one attached hydrogen (secondary N) is 1. The third-order valence-electron chi connectivity index (χ3n) is 5.86. The molecule has 4 rings (SSSR count). The normalized spacial score (nSPS) is 18.2. The van der Waals surface area contributed by atoms with Crippen molar-refractivity contribution >= 4 is 29.0 Å². The Morgan fingerprint density at radius 2 is 1.86 bits per heavy atom. The highest BCUT2D eigenvalue weighted by molar-refractivity contribution is 7.97. The summed E-state index contributed by atoms with van der Waals surface area (Å²) >= 11 is 1.20. The maximum absolute atomic E-state index is 13.9. The number of hydrogen-bond donors (Lipinski definition) is 2. The first-order valence-electron chi connectivity index (χ1n) is 10.2. The molecular weight excluding hydrogens is 388 g/mol. The molecule has 0 unspecified atom stereocenters. The van der Waals surface area contributed by atoms with E-state index in [1.54, 1.807) is 0 Å². The second-order valence-electron chi connectivity index (χ2n) is 7.94. The standard InChI is InChI=1S/C23H27F2N3S/c1-16(27-19-7-3-8-20(15-19)29-26)21-13-17-5-2-6-18(17)14-22(21)28-11-4-9-23(24,25)10-12-28/h3,7-8,13-15,27H,1-2,4-6,9-12,26H2. The van der Waals surface area contributed by atoms with Crippen LogP contribution in [0.2, 0.25) is 0 Å². The zero-order valence-corrected chi connectivity index (χ0v) is 17.3. The second-order valence-corrected chi connectivity index (χ2v) is 8.64. The van der Waals surface area contributed by atoms with Crippen LogP contribution < -0.4 is 15.4 Å². The third kappa shape index (κ3) is 4.59. The number of benzene rings is 2. The molecule has 2 aromatic rings. The first-order chi connectivity index (χ1) is 13.9. The van der Waals surface area contributed by atoms with Gasteiger partial charge in [-0.05, 0) is 79.1 Å². The van der Waals surface area contributed by atoms with E-state index in [0.717, 1.165) is 46.8 Å². The molecule has 1 heterocycles. The van der Waals surface area contributed by atoms with Gasteiger partial charge in [-0.25, -0.2) is 8.78 Å². The Morgan fingerprint density at radius 1 is 1.07 bits per heavy atom. The van der Waals surface area contributed by atoms with Crippen LogP contribution in [0.1, 0.15) is 42.4 Å². The fourth-order valence-electron chi connectivity index (χ4n) is 4.31. The lowest BCUT2D eigenvalue weighted by atomic mass is 10.0. The summed E-state index contributed by atoms with van der Waals surface area (Å²) < 4.78 is 27.8. The van der Waals surface area contributed by atoms with Crippen molar-refractivity contribution in [2.75, 3.05) is 23.3 Å². The highest BCUT2D eigenvalue weighted by Gasteiger charge is 2.32. The molecule has 0 atom stereocenters. The van der Waals surface area contributed by atoms with Gasteiger partial charge in [-0.2, -0.15) is 0 Å². The summed E-state index contributed by atoms with van der Waals surface area (Å²) in [4.78, 5) is 3.08. The molecule has 0 amide bonds. The van der Waals surface area contributed by atoms with E-state index in [2.05, 4.69) is 28.9 Å². The number of halogens is 2. The maximum Gasteiger partial charge on any atom is 0.249 e. The van der Waals surface area contributed by atoms with Crippen molar-refractivity contribution in [3.05, 3.63) is 59.7 Å². The molecule has 1 saturated heterocycles. The van der Waals surface area contributed by atoms with Crippen LogP contribution in [-0.4, -0.2) is 19.0 Å². The Balaban J connectivity index is 1.65.